The lowest BCUT2D eigenvalue weighted by Crippen LogP contribution is -2.38. The van der Waals surface area contributed by atoms with Crippen LogP contribution in [0.2, 0.25) is 0 Å². The molecule has 174 valence electrons. The number of carbonyl (C=O) groups excluding carboxylic acids is 1. The van der Waals surface area contributed by atoms with Crippen LogP contribution in [0.3, 0.4) is 0 Å². The number of fused-ring (bicyclic) bond motifs is 1. The van der Waals surface area contributed by atoms with Crippen molar-refractivity contribution in [2.75, 3.05) is 11.4 Å². The molecule has 0 radical (unpaired) electrons. The fourth-order valence-corrected chi connectivity index (χ4v) is 5.20. The van der Waals surface area contributed by atoms with E-state index in [-0.39, 0.29) is 0 Å². The highest BCUT2D eigenvalue weighted by Gasteiger charge is 2.32. The van der Waals surface area contributed by atoms with Gasteiger partial charge in [-0.05, 0) is 37.5 Å². The number of halogens is 4. The predicted octanol–water partition coefficient (Wildman–Crippen LogP) is 5.48. The standard InChI is InChI=1S/C22H23F4NO4S/c1-4-8-27-16-7-6-13(9-14(16)17(5-2)31-22(27)28)10-32(29,30)11-15-20(25)18(23)12(3)19(24)21(15)26/h6-7,9,17H,4-5,8,10-11H2,1-3H3. The normalized spacial score (nSPS) is 16.2. The number of rotatable bonds is 7. The average molecular weight is 473 g/mol. The topological polar surface area (TPSA) is 63.7 Å². The van der Waals surface area contributed by atoms with E-state index >= 15 is 0 Å². The Hall–Kier alpha value is -2.62. The Bertz CT molecular complexity index is 1140. The van der Waals surface area contributed by atoms with Crippen LogP contribution >= 0.6 is 0 Å². The molecule has 1 atom stereocenters. The van der Waals surface area contributed by atoms with E-state index in [4.69, 9.17) is 4.74 Å². The second kappa shape index (κ2) is 9.09. The third-order valence-electron chi connectivity index (χ3n) is 5.34. The monoisotopic (exact) mass is 473 g/mol. The van der Waals surface area contributed by atoms with Gasteiger partial charge in [0.15, 0.2) is 33.1 Å². The number of hydrogen-bond acceptors (Lipinski definition) is 4. The molecule has 1 aliphatic rings. The summed E-state index contributed by atoms with van der Waals surface area (Å²) in [6.07, 6.45) is 0.0968. The highest BCUT2D eigenvalue weighted by Crippen LogP contribution is 2.37. The van der Waals surface area contributed by atoms with Gasteiger partial charge in [-0.3, -0.25) is 4.90 Å². The fourth-order valence-electron chi connectivity index (χ4n) is 3.72. The minimum atomic E-state index is -4.20. The van der Waals surface area contributed by atoms with Gasteiger partial charge >= 0.3 is 6.09 Å². The van der Waals surface area contributed by atoms with Crippen LogP contribution in [0, 0.1) is 30.2 Å². The summed E-state index contributed by atoms with van der Waals surface area (Å²) in [7, 11) is -4.20. The molecule has 3 rings (SSSR count). The molecule has 0 saturated heterocycles. The molecule has 2 aromatic rings. The van der Waals surface area contributed by atoms with Gasteiger partial charge in [-0.15, -0.1) is 0 Å². The number of anilines is 1. The summed E-state index contributed by atoms with van der Waals surface area (Å²) in [6, 6.07) is 4.66. The summed E-state index contributed by atoms with van der Waals surface area (Å²) in [5.74, 6) is -8.50. The van der Waals surface area contributed by atoms with Gasteiger partial charge in [0, 0.05) is 23.2 Å². The molecule has 0 spiro atoms. The Labute approximate surface area is 183 Å². The van der Waals surface area contributed by atoms with E-state index in [0.717, 1.165) is 6.92 Å². The van der Waals surface area contributed by atoms with Crippen LogP contribution in [0.1, 0.15) is 55.0 Å². The maximum absolute atomic E-state index is 14.1. The number of sulfone groups is 1. The molecule has 0 aromatic heterocycles. The van der Waals surface area contributed by atoms with E-state index in [1.54, 1.807) is 12.1 Å². The Morgan fingerprint density at radius 3 is 2.19 bits per heavy atom. The Morgan fingerprint density at radius 1 is 1.00 bits per heavy atom. The lowest BCUT2D eigenvalue weighted by molar-refractivity contribution is 0.0953. The van der Waals surface area contributed by atoms with Crippen LogP contribution in [0.4, 0.5) is 28.0 Å². The Morgan fingerprint density at radius 2 is 1.62 bits per heavy atom. The molecule has 0 fully saturated rings. The maximum atomic E-state index is 14.1. The molecule has 1 unspecified atom stereocenters. The molecule has 0 N–H and O–H groups in total. The number of hydrogen-bond donors (Lipinski definition) is 0. The zero-order valence-electron chi connectivity index (χ0n) is 17.8. The molecule has 1 heterocycles. The van der Waals surface area contributed by atoms with Crippen molar-refractivity contribution >= 4 is 21.6 Å². The summed E-state index contributed by atoms with van der Waals surface area (Å²) >= 11 is 0. The first kappa shape index (κ1) is 24.0. The first-order chi connectivity index (χ1) is 15.0. The molecule has 10 heteroatoms. The number of ether oxygens (including phenoxy) is 1. The van der Waals surface area contributed by atoms with Crippen molar-refractivity contribution in [1.82, 2.24) is 0 Å². The highest BCUT2D eigenvalue weighted by molar-refractivity contribution is 7.89. The van der Waals surface area contributed by atoms with Crippen LogP contribution in [0.25, 0.3) is 0 Å². The van der Waals surface area contributed by atoms with Crippen molar-refractivity contribution < 1.29 is 35.5 Å². The van der Waals surface area contributed by atoms with Crippen molar-refractivity contribution in [2.24, 2.45) is 0 Å². The lowest BCUT2D eigenvalue weighted by atomic mass is 10.00. The number of carbonyl (C=O) groups is 1. The van der Waals surface area contributed by atoms with Gasteiger partial charge in [-0.25, -0.2) is 30.8 Å². The largest absolute Gasteiger partial charge is 0.441 e. The zero-order valence-corrected chi connectivity index (χ0v) is 18.7. The van der Waals surface area contributed by atoms with Crippen molar-refractivity contribution in [3.05, 3.63) is 63.7 Å². The smallest absolute Gasteiger partial charge is 0.414 e. The van der Waals surface area contributed by atoms with Crippen molar-refractivity contribution in [2.45, 2.75) is 51.2 Å². The van der Waals surface area contributed by atoms with E-state index in [0.29, 0.717) is 36.2 Å². The summed E-state index contributed by atoms with van der Waals surface area (Å²) in [5, 5.41) is 0. The van der Waals surface area contributed by atoms with E-state index in [9.17, 15) is 30.8 Å². The van der Waals surface area contributed by atoms with E-state index in [2.05, 4.69) is 0 Å². The first-order valence-corrected chi connectivity index (χ1v) is 12.0. The third kappa shape index (κ3) is 4.46. The van der Waals surface area contributed by atoms with E-state index < -0.39 is 67.9 Å². The van der Waals surface area contributed by atoms with Crippen LogP contribution < -0.4 is 4.90 Å². The molecule has 0 bridgehead atoms. The van der Waals surface area contributed by atoms with Crippen LogP contribution in [-0.4, -0.2) is 21.1 Å². The Kier molecular flexibility index (Phi) is 6.83. The lowest BCUT2D eigenvalue weighted by Gasteiger charge is -2.33. The van der Waals surface area contributed by atoms with Crippen molar-refractivity contribution in [3.8, 4) is 0 Å². The highest BCUT2D eigenvalue weighted by atomic mass is 32.2. The van der Waals surface area contributed by atoms with Gasteiger partial charge in [-0.1, -0.05) is 19.9 Å². The van der Waals surface area contributed by atoms with Gasteiger partial charge in [0.1, 0.15) is 6.10 Å². The van der Waals surface area contributed by atoms with Crippen molar-refractivity contribution in [3.63, 3.8) is 0 Å². The van der Waals surface area contributed by atoms with Gasteiger partial charge < -0.3 is 4.74 Å². The molecule has 0 aliphatic carbocycles. The molecule has 0 saturated carbocycles. The summed E-state index contributed by atoms with van der Waals surface area (Å²) in [5.41, 5.74) is -0.495. The van der Waals surface area contributed by atoms with Gasteiger partial charge in [0.25, 0.3) is 0 Å². The minimum Gasteiger partial charge on any atom is -0.441 e. The van der Waals surface area contributed by atoms with Crippen LogP contribution in [0.5, 0.6) is 0 Å². The molecular formula is C22H23F4NO4S. The number of amides is 1. The first-order valence-electron chi connectivity index (χ1n) is 10.1. The minimum absolute atomic E-state index is 0.297. The predicted molar refractivity (Wildman–Crippen MR) is 111 cm³/mol. The summed E-state index contributed by atoms with van der Waals surface area (Å²) < 4.78 is 86.6. The number of benzene rings is 2. The average Bonchev–Trinajstić information content (AvgIpc) is 2.75. The molecule has 1 amide bonds. The maximum Gasteiger partial charge on any atom is 0.414 e. The molecule has 32 heavy (non-hydrogen) atoms. The van der Waals surface area contributed by atoms with Crippen LogP contribution in [0.15, 0.2) is 18.2 Å². The molecular weight excluding hydrogens is 450 g/mol. The van der Waals surface area contributed by atoms with E-state index in [1.165, 1.54) is 11.0 Å². The van der Waals surface area contributed by atoms with Crippen LogP contribution in [-0.2, 0) is 26.1 Å². The quantitative estimate of drug-likeness (QED) is 0.394. The van der Waals surface area contributed by atoms with Gasteiger partial charge in [0.2, 0.25) is 0 Å². The molecule has 2 aromatic carbocycles. The molecule has 5 nitrogen and oxygen atoms in total. The SMILES string of the molecule is CCCN1C(=O)OC(CC)c2cc(CS(=O)(=O)Cc3c(F)c(F)c(C)c(F)c3F)ccc21. The second-order valence-electron chi connectivity index (χ2n) is 7.72. The molecule has 1 aliphatic heterocycles. The van der Waals surface area contributed by atoms with Gasteiger partial charge in [0.05, 0.1) is 17.2 Å². The summed E-state index contributed by atoms with van der Waals surface area (Å²) in [4.78, 5) is 13.7. The van der Waals surface area contributed by atoms with E-state index in [1.807, 2.05) is 13.8 Å². The second-order valence-corrected chi connectivity index (χ2v) is 9.78. The van der Waals surface area contributed by atoms with Gasteiger partial charge in [-0.2, -0.15) is 0 Å². The Balaban J connectivity index is 1.94. The van der Waals surface area contributed by atoms with Crippen molar-refractivity contribution in [1.29, 1.82) is 0 Å². The number of cyclic esters (lactones) is 1. The zero-order chi connectivity index (χ0) is 23.8. The fraction of sp³-hybridized carbons (Fsp3) is 0.409. The third-order valence-corrected chi connectivity index (χ3v) is 6.84. The summed E-state index contributed by atoms with van der Waals surface area (Å²) in [6.45, 7) is 4.99. The number of nitrogens with zero attached hydrogens (tertiary/aromatic N) is 1.